The number of nitrogens with zero attached hydrogens (tertiary/aromatic N) is 4. The molecule has 1 aromatic heterocycles. The van der Waals surface area contributed by atoms with E-state index in [0.29, 0.717) is 17.6 Å². The first-order valence-electron chi connectivity index (χ1n) is 24.9. The zero-order valence-corrected chi connectivity index (χ0v) is 41.7. The molecule has 0 unspecified atom stereocenters. The van der Waals surface area contributed by atoms with Crippen molar-refractivity contribution in [2.75, 3.05) is 4.90 Å². The lowest BCUT2D eigenvalue weighted by molar-refractivity contribution is 0.927. The summed E-state index contributed by atoms with van der Waals surface area (Å²) in [4.78, 5) is 18.6. The lowest BCUT2D eigenvalue weighted by atomic mass is 9.75. The van der Waals surface area contributed by atoms with Crippen LogP contribution < -0.4 is 4.90 Å². The molecular weight excluding hydrogens is 873 g/mol. The first kappa shape index (κ1) is 45.7. The minimum atomic E-state index is -0.0204. The van der Waals surface area contributed by atoms with Gasteiger partial charge in [-0.2, -0.15) is 9.97 Å². The fraction of sp³-hybridized carbons (Fsp3) is 0.103. The molecule has 0 radical (unpaired) electrons. The van der Waals surface area contributed by atoms with E-state index in [9.17, 15) is 0 Å². The van der Waals surface area contributed by atoms with Gasteiger partial charge < -0.3 is 0 Å². The lowest BCUT2D eigenvalue weighted by Crippen LogP contribution is -2.17. The molecule has 0 aliphatic rings. The SMILES string of the molecule is Cc1cc(C)c(C(c2c(C)cc(C)cc2C)c2ccc(N(c3ccc(-c4ccccc4)cc3)c3nc(-c4ccccc4)nc(-c4cc(-c5ccccc5)cc(-c5ccccc5)c4)n3)c3ccccc23)c(C)c1. The van der Waals surface area contributed by atoms with Gasteiger partial charge in [0, 0.05) is 28.1 Å². The molecular formula is C68H56N4. The summed E-state index contributed by atoms with van der Waals surface area (Å²) in [5, 5.41) is 2.27. The van der Waals surface area contributed by atoms with Crippen LogP contribution in [0.25, 0.3) is 66.9 Å². The van der Waals surface area contributed by atoms with E-state index in [0.717, 1.165) is 61.3 Å². The van der Waals surface area contributed by atoms with Crippen LogP contribution in [0.1, 0.15) is 56.0 Å². The molecule has 10 aromatic carbocycles. The Bertz CT molecular complexity index is 3570. The molecule has 0 aliphatic heterocycles. The van der Waals surface area contributed by atoms with Gasteiger partial charge in [-0.05, 0) is 156 Å². The van der Waals surface area contributed by atoms with E-state index in [1.54, 1.807) is 0 Å². The Morgan fingerprint density at radius 2 is 0.708 bits per heavy atom. The highest BCUT2D eigenvalue weighted by atomic mass is 15.3. The third-order valence-corrected chi connectivity index (χ3v) is 14.0. The molecule has 0 spiro atoms. The molecule has 0 bridgehead atoms. The van der Waals surface area contributed by atoms with E-state index in [1.807, 2.05) is 18.2 Å². The Labute approximate surface area is 424 Å². The molecule has 1 heterocycles. The monoisotopic (exact) mass is 928 g/mol. The Morgan fingerprint density at radius 1 is 0.319 bits per heavy atom. The van der Waals surface area contributed by atoms with Gasteiger partial charge in [0.1, 0.15) is 0 Å². The Hall–Kier alpha value is -8.73. The van der Waals surface area contributed by atoms with Crippen LogP contribution in [0.4, 0.5) is 17.3 Å². The molecule has 0 amide bonds. The van der Waals surface area contributed by atoms with E-state index in [-0.39, 0.29) is 5.92 Å². The fourth-order valence-corrected chi connectivity index (χ4v) is 11.0. The molecule has 11 rings (SSSR count). The lowest BCUT2D eigenvalue weighted by Gasteiger charge is -2.30. The number of hydrogen-bond donors (Lipinski definition) is 0. The van der Waals surface area contributed by atoms with Gasteiger partial charge in [-0.15, -0.1) is 0 Å². The zero-order valence-electron chi connectivity index (χ0n) is 41.7. The fourth-order valence-electron chi connectivity index (χ4n) is 11.0. The summed E-state index contributed by atoms with van der Waals surface area (Å²) in [6, 6.07) is 80.3. The molecule has 0 saturated heterocycles. The highest BCUT2D eigenvalue weighted by Crippen LogP contribution is 2.47. The number of hydrogen-bond acceptors (Lipinski definition) is 4. The summed E-state index contributed by atoms with van der Waals surface area (Å²) in [6.45, 7) is 13.5. The van der Waals surface area contributed by atoms with Gasteiger partial charge >= 0.3 is 0 Å². The quantitative estimate of drug-likeness (QED) is 0.121. The molecule has 0 N–H and O–H groups in total. The van der Waals surface area contributed by atoms with Gasteiger partial charge in [-0.1, -0.05) is 199 Å². The van der Waals surface area contributed by atoms with Gasteiger partial charge in [0.05, 0.1) is 5.69 Å². The second-order valence-corrected chi connectivity index (χ2v) is 19.2. The van der Waals surface area contributed by atoms with E-state index in [4.69, 9.17) is 15.0 Å². The van der Waals surface area contributed by atoms with Crippen molar-refractivity contribution in [3.05, 3.63) is 275 Å². The summed E-state index contributed by atoms with van der Waals surface area (Å²) < 4.78 is 0. The number of anilines is 3. The Kier molecular flexibility index (Phi) is 12.4. The van der Waals surface area contributed by atoms with Crippen LogP contribution in [0.5, 0.6) is 0 Å². The highest BCUT2D eigenvalue weighted by Gasteiger charge is 2.29. The first-order chi connectivity index (χ1) is 35.2. The predicted octanol–water partition coefficient (Wildman–Crippen LogP) is 17.9. The summed E-state index contributed by atoms with van der Waals surface area (Å²) in [5.41, 5.74) is 22.1. The van der Waals surface area contributed by atoms with Crippen LogP contribution in [-0.4, -0.2) is 15.0 Å². The molecule has 4 nitrogen and oxygen atoms in total. The molecule has 0 fully saturated rings. The summed E-state index contributed by atoms with van der Waals surface area (Å²) in [7, 11) is 0. The average Bonchev–Trinajstić information content (AvgIpc) is 3.41. The van der Waals surface area contributed by atoms with Crippen LogP contribution in [-0.2, 0) is 0 Å². The third kappa shape index (κ3) is 9.00. The van der Waals surface area contributed by atoms with E-state index < -0.39 is 0 Å². The van der Waals surface area contributed by atoms with Gasteiger partial charge in [0.2, 0.25) is 5.95 Å². The second kappa shape index (κ2) is 19.6. The highest BCUT2D eigenvalue weighted by molar-refractivity contribution is 6.01. The third-order valence-electron chi connectivity index (χ3n) is 14.0. The number of aryl methyl sites for hydroxylation is 6. The molecule has 72 heavy (non-hydrogen) atoms. The standard InChI is InChI=1S/C68H56N4/c1-44-37-46(3)63(47(4)38-44)65(64-48(5)39-45(2)40-49(64)6)61-35-36-62(60-30-20-19-29-59(60)61)72(58-33-31-53(32-34-58)50-21-11-7-12-22-50)68-70-66(54-27-17-10-18-28-54)69-67(71-68)57-42-55(51-23-13-8-14-24-51)41-56(43-57)52-25-15-9-16-26-52/h7-43,65H,1-6H3. The number of benzene rings is 10. The number of rotatable bonds is 11. The van der Waals surface area contributed by atoms with Crippen molar-refractivity contribution >= 4 is 28.1 Å². The maximum atomic E-state index is 5.56. The summed E-state index contributed by atoms with van der Waals surface area (Å²) in [6.07, 6.45) is 0. The average molecular weight is 929 g/mol. The van der Waals surface area contributed by atoms with Crippen molar-refractivity contribution in [2.45, 2.75) is 47.5 Å². The van der Waals surface area contributed by atoms with Gasteiger partial charge in [0.25, 0.3) is 0 Å². The van der Waals surface area contributed by atoms with Crippen molar-refractivity contribution in [2.24, 2.45) is 0 Å². The van der Waals surface area contributed by atoms with E-state index in [1.165, 1.54) is 55.5 Å². The van der Waals surface area contributed by atoms with Crippen LogP contribution in [0.15, 0.2) is 224 Å². The summed E-state index contributed by atoms with van der Waals surface area (Å²) in [5.74, 6) is 1.66. The molecule has 0 aliphatic carbocycles. The molecule has 0 atom stereocenters. The van der Waals surface area contributed by atoms with E-state index >= 15 is 0 Å². The van der Waals surface area contributed by atoms with Crippen LogP contribution >= 0.6 is 0 Å². The van der Waals surface area contributed by atoms with Crippen LogP contribution in [0.2, 0.25) is 0 Å². The topological polar surface area (TPSA) is 41.9 Å². The Balaban J connectivity index is 1.18. The molecule has 0 saturated carbocycles. The zero-order chi connectivity index (χ0) is 49.3. The van der Waals surface area contributed by atoms with Crippen molar-refractivity contribution in [3.63, 3.8) is 0 Å². The smallest absolute Gasteiger partial charge is 0.238 e. The minimum Gasteiger partial charge on any atom is -0.278 e. The molecule has 348 valence electrons. The largest absolute Gasteiger partial charge is 0.278 e. The molecule has 11 aromatic rings. The molecule has 4 heteroatoms. The second-order valence-electron chi connectivity index (χ2n) is 19.2. The van der Waals surface area contributed by atoms with Crippen molar-refractivity contribution < 1.29 is 0 Å². The maximum absolute atomic E-state index is 5.56. The Morgan fingerprint density at radius 3 is 1.19 bits per heavy atom. The normalized spacial score (nSPS) is 11.3. The van der Waals surface area contributed by atoms with Crippen LogP contribution in [0.3, 0.4) is 0 Å². The number of fused-ring (bicyclic) bond motifs is 1. The maximum Gasteiger partial charge on any atom is 0.238 e. The van der Waals surface area contributed by atoms with Crippen LogP contribution in [0, 0.1) is 41.5 Å². The van der Waals surface area contributed by atoms with Gasteiger partial charge in [-0.3, -0.25) is 4.90 Å². The van der Waals surface area contributed by atoms with Crippen molar-refractivity contribution in [1.29, 1.82) is 0 Å². The van der Waals surface area contributed by atoms with Crippen molar-refractivity contribution in [3.8, 4) is 56.2 Å². The summed E-state index contributed by atoms with van der Waals surface area (Å²) >= 11 is 0. The first-order valence-corrected chi connectivity index (χ1v) is 24.9. The van der Waals surface area contributed by atoms with Crippen molar-refractivity contribution in [1.82, 2.24) is 15.0 Å². The van der Waals surface area contributed by atoms with Gasteiger partial charge in [-0.25, -0.2) is 4.98 Å². The predicted molar refractivity (Wildman–Crippen MR) is 301 cm³/mol. The minimum absolute atomic E-state index is 0.0204. The number of aromatic nitrogens is 3. The van der Waals surface area contributed by atoms with E-state index in [2.05, 4.69) is 253 Å². The van der Waals surface area contributed by atoms with Gasteiger partial charge in [0.15, 0.2) is 11.6 Å².